The van der Waals surface area contributed by atoms with Gasteiger partial charge in [0.1, 0.15) is 0 Å². The van der Waals surface area contributed by atoms with Gasteiger partial charge < -0.3 is 5.73 Å². The van der Waals surface area contributed by atoms with Gasteiger partial charge in [-0.3, -0.25) is 4.79 Å². The summed E-state index contributed by atoms with van der Waals surface area (Å²) in [4.78, 5) is 12.2. The smallest absolute Gasteiger partial charge is 0.266 e. The van der Waals surface area contributed by atoms with Crippen molar-refractivity contribution >= 4 is 16.0 Å². The summed E-state index contributed by atoms with van der Waals surface area (Å²) in [7, 11) is -3.90. The lowest BCUT2D eigenvalue weighted by atomic mass is 9.91. The highest BCUT2D eigenvalue weighted by molar-refractivity contribution is 7.86. The van der Waals surface area contributed by atoms with E-state index >= 15 is 0 Å². The molecule has 1 aliphatic rings. The Morgan fingerprint density at radius 3 is 1.81 bits per heavy atom. The summed E-state index contributed by atoms with van der Waals surface area (Å²) < 4.78 is 28.6. The first kappa shape index (κ1) is 13.8. The van der Waals surface area contributed by atoms with E-state index in [0.29, 0.717) is 11.1 Å². The average Bonchev–Trinajstić information content (AvgIpc) is 2.70. The van der Waals surface area contributed by atoms with E-state index in [2.05, 4.69) is 0 Å². The van der Waals surface area contributed by atoms with E-state index in [-0.39, 0.29) is 0 Å². The monoisotopic (exact) mass is 303 g/mol. The zero-order valence-corrected chi connectivity index (χ0v) is 12.1. The fourth-order valence-electron chi connectivity index (χ4n) is 2.82. The van der Waals surface area contributed by atoms with Crippen molar-refractivity contribution in [3.05, 3.63) is 59.7 Å². The van der Waals surface area contributed by atoms with Gasteiger partial charge in [0.25, 0.3) is 16.0 Å². The molecule has 5 nitrogen and oxygen atoms in total. The molecule has 108 valence electrons. The predicted octanol–water partition coefficient (Wildman–Crippen LogP) is 1.37. The van der Waals surface area contributed by atoms with Gasteiger partial charge in [0.05, 0.1) is 6.26 Å². The van der Waals surface area contributed by atoms with Gasteiger partial charge in [-0.25, -0.2) is 4.18 Å². The predicted molar refractivity (Wildman–Crippen MR) is 77.8 cm³/mol. The molecule has 0 saturated heterocycles. The van der Waals surface area contributed by atoms with Crippen LogP contribution >= 0.6 is 0 Å². The molecule has 21 heavy (non-hydrogen) atoms. The summed E-state index contributed by atoms with van der Waals surface area (Å²) in [6.45, 7) is 0. The molecule has 6 heteroatoms. The summed E-state index contributed by atoms with van der Waals surface area (Å²) in [6, 6.07) is 14.0. The standard InChI is InChI=1S/C15H13NO4S/c1-21(18,19)20-15(14(16)17)12-8-4-2-6-10(12)11-7-3-5-9-13(11)15/h2-9H,1H3,(H2,16,17). The van der Waals surface area contributed by atoms with Gasteiger partial charge >= 0.3 is 0 Å². The van der Waals surface area contributed by atoms with Crippen molar-refractivity contribution in [1.29, 1.82) is 0 Å². The maximum Gasteiger partial charge on any atom is 0.266 e. The molecule has 0 atom stereocenters. The van der Waals surface area contributed by atoms with Crippen molar-refractivity contribution < 1.29 is 17.4 Å². The number of amides is 1. The van der Waals surface area contributed by atoms with Gasteiger partial charge in [-0.2, -0.15) is 8.42 Å². The second kappa shape index (κ2) is 4.41. The Morgan fingerprint density at radius 2 is 1.43 bits per heavy atom. The molecule has 0 aliphatic heterocycles. The topological polar surface area (TPSA) is 86.5 Å². The second-order valence-corrected chi connectivity index (χ2v) is 6.50. The van der Waals surface area contributed by atoms with Crippen LogP contribution in [0, 0.1) is 0 Å². The molecule has 0 spiro atoms. The molecule has 0 bridgehead atoms. The molecule has 0 aromatic heterocycles. The van der Waals surface area contributed by atoms with E-state index < -0.39 is 21.6 Å². The SMILES string of the molecule is CS(=O)(=O)OC1(C(N)=O)c2ccccc2-c2ccccc21. The van der Waals surface area contributed by atoms with Crippen molar-refractivity contribution in [2.24, 2.45) is 5.73 Å². The zero-order valence-electron chi connectivity index (χ0n) is 11.2. The maximum atomic E-state index is 12.2. The number of hydrogen-bond acceptors (Lipinski definition) is 4. The molecule has 1 amide bonds. The van der Waals surface area contributed by atoms with E-state index in [0.717, 1.165) is 17.4 Å². The first-order valence-corrected chi connectivity index (χ1v) is 8.08. The first-order chi connectivity index (χ1) is 9.86. The van der Waals surface area contributed by atoms with Crippen molar-refractivity contribution in [3.63, 3.8) is 0 Å². The number of nitrogens with two attached hydrogens (primary N) is 1. The van der Waals surface area contributed by atoms with Gasteiger partial charge in [0, 0.05) is 11.1 Å². The lowest BCUT2D eigenvalue weighted by Gasteiger charge is -2.26. The van der Waals surface area contributed by atoms with Crippen LogP contribution in [0.5, 0.6) is 0 Å². The Labute approximate surface area is 122 Å². The van der Waals surface area contributed by atoms with Crippen molar-refractivity contribution in [1.82, 2.24) is 0 Å². The van der Waals surface area contributed by atoms with E-state index in [9.17, 15) is 13.2 Å². The van der Waals surface area contributed by atoms with Crippen LogP contribution in [-0.4, -0.2) is 20.6 Å². The highest BCUT2D eigenvalue weighted by Crippen LogP contribution is 2.49. The number of carbonyl (C=O) groups excluding carboxylic acids is 1. The van der Waals surface area contributed by atoms with Gasteiger partial charge in [0.15, 0.2) is 0 Å². The van der Waals surface area contributed by atoms with Crippen molar-refractivity contribution in [2.75, 3.05) is 6.26 Å². The molecule has 3 rings (SSSR count). The Morgan fingerprint density at radius 1 is 1.00 bits per heavy atom. The Hall–Kier alpha value is -2.18. The molecule has 0 unspecified atom stereocenters. The third-order valence-corrected chi connectivity index (χ3v) is 4.08. The van der Waals surface area contributed by atoms with Crippen LogP contribution in [0.3, 0.4) is 0 Å². The molecule has 2 aromatic rings. The number of fused-ring (bicyclic) bond motifs is 3. The van der Waals surface area contributed by atoms with Gasteiger partial charge in [-0.1, -0.05) is 48.5 Å². The maximum absolute atomic E-state index is 12.2. The Bertz CT molecular complexity index is 797. The third-order valence-electron chi connectivity index (χ3n) is 3.53. The summed E-state index contributed by atoms with van der Waals surface area (Å²) in [5.74, 6) is -0.856. The van der Waals surface area contributed by atoms with Crippen molar-refractivity contribution in [2.45, 2.75) is 5.60 Å². The van der Waals surface area contributed by atoms with E-state index in [1.54, 1.807) is 24.3 Å². The van der Waals surface area contributed by atoms with Crippen LogP contribution in [0.2, 0.25) is 0 Å². The molecule has 0 heterocycles. The lowest BCUT2D eigenvalue weighted by Crippen LogP contribution is -2.44. The Balaban J connectivity index is 2.41. The minimum absolute atomic E-state index is 0.448. The van der Waals surface area contributed by atoms with E-state index in [4.69, 9.17) is 9.92 Å². The molecule has 1 aliphatic carbocycles. The fraction of sp³-hybridized carbons (Fsp3) is 0.133. The number of rotatable bonds is 3. The van der Waals surface area contributed by atoms with Crippen molar-refractivity contribution in [3.8, 4) is 11.1 Å². The molecule has 0 radical (unpaired) electrons. The number of benzene rings is 2. The fourth-order valence-corrected chi connectivity index (χ4v) is 3.53. The third kappa shape index (κ3) is 1.95. The molecular weight excluding hydrogens is 290 g/mol. The minimum atomic E-state index is -3.90. The normalized spacial score (nSPS) is 15.3. The minimum Gasteiger partial charge on any atom is -0.366 e. The molecule has 2 N–H and O–H groups in total. The van der Waals surface area contributed by atoms with Crippen LogP contribution in [0.25, 0.3) is 11.1 Å². The molecule has 2 aromatic carbocycles. The summed E-state index contributed by atoms with van der Waals surface area (Å²) >= 11 is 0. The molecule has 0 saturated carbocycles. The average molecular weight is 303 g/mol. The van der Waals surface area contributed by atoms with Gasteiger partial charge in [-0.05, 0) is 11.1 Å². The van der Waals surface area contributed by atoms with E-state index in [1.165, 1.54) is 0 Å². The summed E-state index contributed by atoms with van der Waals surface area (Å²) in [6.07, 6.45) is 0.904. The molecule has 0 fully saturated rings. The number of primary amides is 1. The van der Waals surface area contributed by atoms with Gasteiger partial charge in [0.2, 0.25) is 5.60 Å². The largest absolute Gasteiger partial charge is 0.366 e. The summed E-state index contributed by atoms with van der Waals surface area (Å²) in [5, 5.41) is 0. The number of carbonyl (C=O) groups is 1. The first-order valence-electron chi connectivity index (χ1n) is 6.26. The lowest BCUT2D eigenvalue weighted by molar-refractivity contribution is -0.130. The van der Waals surface area contributed by atoms with Crippen LogP contribution < -0.4 is 5.73 Å². The summed E-state index contributed by atoms with van der Waals surface area (Å²) in [5.41, 5.74) is 6.12. The zero-order chi connectivity index (χ0) is 15.3. The van der Waals surface area contributed by atoms with Crippen LogP contribution in [-0.2, 0) is 24.7 Å². The highest BCUT2D eigenvalue weighted by atomic mass is 32.2. The van der Waals surface area contributed by atoms with Crippen LogP contribution in [0.1, 0.15) is 11.1 Å². The van der Waals surface area contributed by atoms with Crippen LogP contribution in [0.4, 0.5) is 0 Å². The van der Waals surface area contributed by atoms with Crippen LogP contribution in [0.15, 0.2) is 48.5 Å². The second-order valence-electron chi connectivity index (χ2n) is 4.92. The van der Waals surface area contributed by atoms with E-state index in [1.807, 2.05) is 24.3 Å². The molecular formula is C15H13NO4S. The number of hydrogen-bond donors (Lipinski definition) is 1. The van der Waals surface area contributed by atoms with Gasteiger partial charge in [-0.15, -0.1) is 0 Å². The Kier molecular flexibility index (Phi) is 2.89. The highest BCUT2D eigenvalue weighted by Gasteiger charge is 2.51. The quantitative estimate of drug-likeness (QED) is 0.868.